The maximum atomic E-state index is 6.07. The van der Waals surface area contributed by atoms with Crippen molar-refractivity contribution in [2.24, 2.45) is 0 Å². The number of nitrogens with one attached hydrogen (secondary N) is 1. The van der Waals surface area contributed by atoms with Gasteiger partial charge in [0.15, 0.2) is 0 Å². The largest absolute Gasteiger partial charge is 0.493 e. The van der Waals surface area contributed by atoms with Crippen LogP contribution in [0.5, 0.6) is 5.75 Å². The molecule has 0 heterocycles. The third kappa shape index (κ3) is 4.40. The number of aryl methyl sites for hydroxylation is 1. The smallest absolute Gasteiger partial charge is 0.124 e. The average Bonchev–Trinajstić information content (AvgIpc) is 2.64. The minimum atomic E-state index is 0.777. The molecule has 0 saturated heterocycles. The van der Waals surface area contributed by atoms with Gasteiger partial charge in [-0.25, -0.2) is 0 Å². The van der Waals surface area contributed by atoms with Gasteiger partial charge in [-0.15, -0.1) is 0 Å². The molecular weight excluding hydrogens is 306 g/mol. The van der Waals surface area contributed by atoms with Crippen LogP contribution in [-0.2, 0) is 13.1 Å². The van der Waals surface area contributed by atoms with Crippen molar-refractivity contribution in [2.75, 3.05) is 6.61 Å². The van der Waals surface area contributed by atoms with Gasteiger partial charge >= 0.3 is 0 Å². The standard InChI is InChI=1S/C23H27NO/c1-3-4-15-25-23-14-13-19-10-7-8-12-21(19)22(23)17-24-16-20-11-6-5-9-18(20)2/h5-14,24H,3-4,15-17H2,1-2H3. The fraction of sp³-hybridized carbons (Fsp3) is 0.304. The third-order valence-electron chi connectivity index (χ3n) is 4.63. The predicted octanol–water partition coefficient (Wildman–Crippen LogP) is 5.62. The molecule has 0 bridgehead atoms. The van der Waals surface area contributed by atoms with Crippen molar-refractivity contribution in [2.45, 2.75) is 39.8 Å². The summed E-state index contributed by atoms with van der Waals surface area (Å²) >= 11 is 0. The van der Waals surface area contributed by atoms with E-state index in [9.17, 15) is 0 Å². The van der Waals surface area contributed by atoms with Gasteiger partial charge in [-0.05, 0) is 41.3 Å². The number of hydrogen-bond acceptors (Lipinski definition) is 2. The van der Waals surface area contributed by atoms with Crippen LogP contribution in [0.4, 0.5) is 0 Å². The zero-order valence-corrected chi connectivity index (χ0v) is 15.2. The van der Waals surface area contributed by atoms with Gasteiger partial charge in [-0.2, -0.15) is 0 Å². The Balaban J connectivity index is 1.79. The van der Waals surface area contributed by atoms with E-state index in [0.717, 1.165) is 38.3 Å². The van der Waals surface area contributed by atoms with E-state index in [1.54, 1.807) is 0 Å². The third-order valence-corrected chi connectivity index (χ3v) is 4.63. The van der Waals surface area contributed by atoms with Crippen molar-refractivity contribution < 1.29 is 4.74 Å². The molecule has 3 aromatic carbocycles. The molecular formula is C23H27NO. The van der Waals surface area contributed by atoms with Crippen LogP contribution < -0.4 is 10.1 Å². The molecule has 25 heavy (non-hydrogen) atoms. The maximum absolute atomic E-state index is 6.07. The summed E-state index contributed by atoms with van der Waals surface area (Å²) in [5.74, 6) is 1.00. The van der Waals surface area contributed by atoms with Gasteiger partial charge < -0.3 is 10.1 Å². The summed E-state index contributed by atoms with van der Waals surface area (Å²) < 4.78 is 6.07. The molecule has 0 aliphatic rings. The summed E-state index contributed by atoms with van der Waals surface area (Å²) in [6.45, 7) is 6.80. The fourth-order valence-corrected chi connectivity index (χ4v) is 3.09. The lowest BCUT2D eigenvalue weighted by Gasteiger charge is -2.15. The van der Waals surface area contributed by atoms with E-state index in [4.69, 9.17) is 4.74 Å². The monoisotopic (exact) mass is 333 g/mol. The van der Waals surface area contributed by atoms with E-state index in [0.29, 0.717) is 0 Å². The Labute approximate surface area is 150 Å². The molecule has 0 fully saturated rings. The molecule has 2 heteroatoms. The SMILES string of the molecule is CCCCOc1ccc2ccccc2c1CNCc1ccccc1C. The van der Waals surface area contributed by atoms with Crippen molar-refractivity contribution in [3.05, 3.63) is 77.4 Å². The number of benzene rings is 3. The second-order valence-electron chi connectivity index (χ2n) is 6.50. The minimum absolute atomic E-state index is 0.777. The predicted molar refractivity (Wildman–Crippen MR) is 106 cm³/mol. The number of unbranched alkanes of at least 4 members (excludes halogenated alkanes) is 1. The molecule has 0 aromatic heterocycles. The van der Waals surface area contributed by atoms with Crippen LogP contribution >= 0.6 is 0 Å². The Bertz CT molecular complexity index is 825. The summed E-state index contributed by atoms with van der Waals surface area (Å²) in [6.07, 6.45) is 2.23. The molecule has 0 aliphatic heterocycles. The van der Waals surface area contributed by atoms with Crippen LogP contribution in [0.15, 0.2) is 60.7 Å². The highest BCUT2D eigenvalue weighted by Crippen LogP contribution is 2.28. The highest BCUT2D eigenvalue weighted by molar-refractivity contribution is 5.87. The number of fused-ring (bicyclic) bond motifs is 1. The molecule has 130 valence electrons. The summed E-state index contributed by atoms with van der Waals surface area (Å²) in [6, 6.07) is 21.3. The molecule has 0 saturated carbocycles. The van der Waals surface area contributed by atoms with Gasteiger partial charge in [-0.3, -0.25) is 0 Å². The van der Waals surface area contributed by atoms with Crippen LogP contribution in [0.25, 0.3) is 10.8 Å². The first-order chi connectivity index (χ1) is 12.3. The highest BCUT2D eigenvalue weighted by atomic mass is 16.5. The minimum Gasteiger partial charge on any atom is -0.493 e. The van der Waals surface area contributed by atoms with E-state index in [1.165, 1.54) is 27.5 Å². The number of ether oxygens (including phenoxy) is 1. The van der Waals surface area contributed by atoms with Crippen LogP contribution in [0, 0.1) is 6.92 Å². The van der Waals surface area contributed by atoms with E-state index in [-0.39, 0.29) is 0 Å². The second kappa shape index (κ2) is 8.68. The molecule has 0 aliphatic carbocycles. The summed E-state index contributed by atoms with van der Waals surface area (Å²) in [5, 5.41) is 6.14. The molecule has 3 rings (SSSR count). The average molecular weight is 333 g/mol. The lowest BCUT2D eigenvalue weighted by molar-refractivity contribution is 0.306. The Morgan fingerprint density at radius 1 is 0.880 bits per heavy atom. The van der Waals surface area contributed by atoms with Crippen molar-refractivity contribution >= 4 is 10.8 Å². The first kappa shape index (κ1) is 17.5. The highest BCUT2D eigenvalue weighted by Gasteiger charge is 2.09. The van der Waals surface area contributed by atoms with Gasteiger partial charge in [0.25, 0.3) is 0 Å². The van der Waals surface area contributed by atoms with Gasteiger partial charge in [-0.1, -0.05) is 67.9 Å². The van der Waals surface area contributed by atoms with Crippen molar-refractivity contribution in [3.63, 3.8) is 0 Å². The first-order valence-corrected chi connectivity index (χ1v) is 9.18. The first-order valence-electron chi connectivity index (χ1n) is 9.18. The molecule has 0 spiro atoms. The lowest BCUT2D eigenvalue weighted by atomic mass is 10.0. The second-order valence-corrected chi connectivity index (χ2v) is 6.50. The number of rotatable bonds is 8. The van der Waals surface area contributed by atoms with E-state index < -0.39 is 0 Å². The molecule has 0 radical (unpaired) electrons. The quantitative estimate of drug-likeness (QED) is 0.540. The Kier molecular flexibility index (Phi) is 6.08. The molecule has 2 nitrogen and oxygen atoms in total. The van der Waals surface area contributed by atoms with E-state index >= 15 is 0 Å². The lowest BCUT2D eigenvalue weighted by Crippen LogP contribution is -2.15. The van der Waals surface area contributed by atoms with Crippen LogP contribution in [0.3, 0.4) is 0 Å². The van der Waals surface area contributed by atoms with Crippen LogP contribution in [0.1, 0.15) is 36.5 Å². The summed E-state index contributed by atoms with van der Waals surface area (Å²) in [7, 11) is 0. The Morgan fingerprint density at radius 3 is 2.52 bits per heavy atom. The molecule has 0 atom stereocenters. The Morgan fingerprint density at radius 2 is 1.68 bits per heavy atom. The van der Waals surface area contributed by atoms with Gasteiger partial charge in [0.2, 0.25) is 0 Å². The van der Waals surface area contributed by atoms with Gasteiger partial charge in [0.1, 0.15) is 5.75 Å². The molecule has 1 N–H and O–H groups in total. The van der Waals surface area contributed by atoms with E-state index in [2.05, 4.69) is 79.8 Å². The van der Waals surface area contributed by atoms with Crippen molar-refractivity contribution in [1.29, 1.82) is 0 Å². The maximum Gasteiger partial charge on any atom is 0.124 e. The van der Waals surface area contributed by atoms with Crippen LogP contribution in [0.2, 0.25) is 0 Å². The normalized spacial score (nSPS) is 11.0. The van der Waals surface area contributed by atoms with Crippen molar-refractivity contribution in [1.82, 2.24) is 5.32 Å². The topological polar surface area (TPSA) is 21.3 Å². The zero-order valence-electron chi connectivity index (χ0n) is 15.2. The van der Waals surface area contributed by atoms with Gasteiger partial charge in [0.05, 0.1) is 6.61 Å². The molecule has 0 unspecified atom stereocenters. The molecule has 0 amide bonds. The zero-order chi connectivity index (χ0) is 17.5. The van der Waals surface area contributed by atoms with Crippen molar-refractivity contribution in [3.8, 4) is 5.75 Å². The number of hydrogen-bond donors (Lipinski definition) is 1. The summed E-state index contributed by atoms with van der Waals surface area (Å²) in [4.78, 5) is 0. The Hall–Kier alpha value is -2.32. The fourth-order valence-electron chi connectivity index (χ4n) is 3.09. The molecule has 3 aromatic rings. The van der Waals surface area contributed by atoms with Gasteiger partial charge in [0, 0.05) is 18.7 Å². The van der Waals surface area contributed by atoms with E-state index in [1.807, 2.05) is 0 Å². The summed E-state index contributed by atoms with van der Waals surface area (Å²) in [5.41, 5.74) is 3.92. The van der Waals surface area contributed by atoms with Crippen LogP contribution in [-0.4, -0.2) is 6.61 Å².